The third kappa shape index (κ3) is 3.88. The van der Waals surface area contributed by atoms with Crippen LogP contribution < -0.4 is 10.8 Å². The van der Waals surface area contributed by atoms with Crippen LogP contribution in [-0.2, 0) is 0 Å². The molecule has 3 aromatic rings. The van der Waals surface area contributed by atoms with Crippen LogP contribution in [0, 0.1) is 5.41 Å². The second kappa shape index (κ2) is 7.77. The van der Waals surface area contributed by atoms with Crippen LogP contribution in [0.5, 0.6) is 0 Å². The average molecular weight is 367 g/mol. The summed E-state index contributed by atoms with van der Waals surface area (Å²) >= 11 is 6.25. The number of anilines is 1. The molecule has 2 aromatic carbocycles. The van der Waals surface area contributed by atoms with E-state index in [1.54, 1.807) is 54.1 Å². The summed E-state index contributed by atoms with van der Waals surface area (Å²) in [4.78, 5) is 16.7. The first-order valence-corrected chi connectivity index (χ1v) is 8.07. The van der Waals surface area contributed by atoms with Crippen LogP contribution in [-0.4, -0.2) is 21.9 Å². The fourth-order valence-electron chi connectivity index (χ4n) is 2.38. The summed E-state index contributed by atoms with van der Waals surface area (Å²) in [6.45, 7) is 0. The van der Waals surface area contributed by atoms with Crippen LogP contribution in [0.1, 0.15) is 15.9 Å². The normalized spacial score (nSPS) is 10.2. The van der Waals surface area contributed by atoms with Crippen molar-refractivity contribution < 1.29 is 10.0 Å². The number of nitrogens with zero attached hydrogens (tertiary/aromatic N) is 1. The molecule has 6 nitrogen and oxygen atoms in total. The number of aromatic nitrogens is 1. The fraction of sp³-hybridized carbons (Fsp3) is 0. The maximum atomic E-state index is 12.4. The highest BCUT2D eigenvalue weighted by Gasteiger charge is 2.10. The topological polar surface area (TPSA) is 98.1 Å². The number of amidine groups is 1. The predicted molar refractivity (Wildman–Crippen MR) is 101 cm³/mol. The standard InChI is InChI=1S/C19H15ClN4O2/c20-16-9-8-14(11-15(16)17-3-1-2-10-22-17)23-19(25)13-6-4-12(5-7-13)18(21)24-26/h1-11,26H,(H2,21,24)(H,23,25). The van der Waals surface area contributed by atoms with E-state index in [1.165, 1.54) is 0 Å². The Hall–Kier alpha value is -3.22. The molecule has 26 heavy (non-hydrogen) atoms. The highest BCUT2D eigenvalue weighted by atomic mass is 35.5. The Kier molecular flexibility index (Phi) is 5.26. The number of carbonyl (C=O) groups excluding carboxylic acids is 1. The molecule has 1 heterocycles. The highest BCUT2D eigenvalue weighted by Crippen LogP contribution is 2.29. The van der Waals surface area contributed by atoms with Gasteiger partial charge in [0.05, 0.1) is 10.7 Å². The zero-order chi connectivity index (χ0) is 18.5. The summed E-state index contributed by atoms with van der Waals surface area (Å²) in [5, 5.41) is 19.6. The maximum Gasteiger partial charge on any atom is 0.255 e. The van der Waals surface area contributed by atoms with Crippen molar-refractivity contribution in [1.82, 2.24) is 10.5 Å². The van der Waals surface area contributed by atoms with Gasteiger partial charge in [-0.2, -0.15) is 0 Å². The third-order valence-electron chi connectivity index (χ3n) is 3.71. The van der Waals surface area contributed by atoms with Gasteiger partial charge in [0, 0.05) is 28.6 Å². The fourth-order valence-corrected chi connectivity index (χ4v) is 2.59. The number of hydroxylamine groups is 1. The van der Waals surface area contributed by atoms with Crippen molar-refractivity contribution in [3.63, 3.8) is 0 Å². The molecule has 0 saturated heterocycles. The number of benzene rings is 2. The first-order chi connectivity index (χ1) is 12.6. The summed E-state index contributed by atoms with van der Waals surface area (Å²) in [7, 11) is 0. The van der Waals surface area contributed by atoms with Crippen molar-refractivity contribution in [2.75, 3.05) is 5.32 Å². The van der Waals surface area contributed by atoms with Gasteiger partial charge in [0.2, 0.25) is 0 Å². The number of pyridine rings is 1. The van der Waals surface area contributed by atoms with E-state index >= 15 is 0 Å². The first kappa shape index (κ1) is 17.6. The number of carbonyl (C=O) groups is 1. The summed E-state index contributed by atoms with van der Waals surface area (Å²) in [6.07, 6.45) is 1.68. The predicted octanol–water partition coefficient (Wildman–Crippen LogP) is 3.96. The van der Waals surface area contributed by atoms with Gasteiger partial charge >= 0.3 is 0 Å². The van der Waals surface area contributed by atoms with Gasteiger partial charge in [-0.1, -0.05) is 29.8 Å². The molecular weight excluding hydrogens is 352 g/mol. The van der Waals surface area contributed by atoms with Crippen molar-refractivity contribution in [2.24, 2.45) is 0 Å². The molecule has 0 fully saturated rings. The van der Waals surface area contributed by atoms with Gasteiger partial charge in [-0.25, -0.2) is 0 Å². The Bertz CT molecular complexity index is 944. The average Bonchev–Trinajstić information content (AvgIpc) is 2.69. The van der Waals surface area contributed by atoms with Gasteiger partial charge in [-0.3, -0.25) is 25.9 Å². The smallest absolute Gasteiger partial charge is 0.255 e. The van der Waals surface area contributed by atoms with Crippen molar-refractivity contribution >= 4 is 29.0 Å². The van der Waals surface area contributed by atoms with E-state index in [9.17, 15) is 4.79 Å². The minimum Gasteiger partial charge on any atom is -0.322 e. The molecule has 0 bridgehead atoms. The zero-order valence-corrected chi connectivity index (χ0v) is 14.3. The van der Waals surface area contributed by atoms with Crippen LogP contribution in [0.4, 0.5) is 5.69 Å². The summed E-state index contributed by atoms with van der Waals surface area (Å²) in [5.41, 5.74) is 4.68. The Morgan fingerprint density at radius 2 is 1.77 bits per heavy atom. The number of rotatable bonds is 4. The molecule has 7 heteroatoms. The van der Waals surface area contributed by atoms with E-state index in [0.29, 0.717) is 27.5 Å². The molecule has 0 aliphatic carbocycles. The number of amides is 1. The number of nitrogens with one attached hydrogen (secondary N) is 3. The lowest BCUT2D eigenvalue weighted by atomic mass is 10.1. The lowest BCUT2D eigenvalue weighted by Crippen LogP contribution is -2.19. The molecule has 0 spiro atoms. The van der Waals surface area contributed by atoms with E-state index in [4.69, 9.17) is 22.2 Å². The van der Waals surface area contributed by atoms with E-state index in [2.05, 4.69) is 10.3 Å². The minimum atomic E-state index is -0.297. The van der Waals surface area contributed by atoms with Crippen molar-refractivity contribution in [1.29, 1.82) is 5.41 Å². The van der Waals surface area contributed by atoms with Crippen molar-refractivity contribution in [2.45, 2.75) is 0 Å². The van der Waals surface area contributed by atoms with Crippen LogP contribution in [0.15, 0.2) is 66.9 Å². The molecule has 0 aliphatic heterocycles. The Balaban J connectivity index is 1.80. The molecule has 0 unspecified atom stereocenters. The van der Waals surface area contributed by atoms with E-state index < -0.39 is 0 Å². The Morgan fingerprint density at radius 3 is 2.42 bits per heavy atom. The summed E-state index contributed by atoms with van der Waals surface area (Å²) in [5.74, 6) is -0.441. The molecule has 0 aliphatic rings. The van der Waals surface area contributed by atoms with Crippen molar-refractivity contribution in [3.05, 3.63) is 83.0 Å². The molecule has 0 saturated carbocycles. The molecule has 3 rings (SSSR count). The molecule has 1 aromatic heterocycles. The van der Waals surface area contributed by atoms with E-state index in [-0.39, 0.29) is 11.7 Å². The summed E-state index contributed by atoms with van der Waals surface area (Å²) < 4.78 is 0. The van der Waals surface area contributed by atoms with E-state index in [1.807, 2.05) is 18.2 Å². The van der Waals surface area contributed by atoms with Gasteiger partial charge in [-0.15, -0.1) is 0 Å². The number of halogens is 1. The molecule has 130 valence electrons. The van der Waals surface area contributed by atoms with E-state index in [0.717, 1.165) is 5.56 Å². The monoisotopic (exact) mass is 366 g/mol. The van der Waals surface area contributed by atoms with Gasteiger partial charge in [0.1, 0.15) is 5.84 Å². The van der Waals surface area contributed by atoms with Crippen molar-refractivity contribution in [3.8, 4) is 11.3 Å². The zero-order valence-electron chi connectivity index (χ0n) is 13.5. The molecular formula is C19H15ClN4O2. The van der Waals surface area contributed by atoms with Crippen LogP contribution >= 0.6 is 11.6 Å². The lowest BCUT2D eigenvalue weighted by Gasteiger charge is -2.10. The van der Waals surface area contributed by atoms with Crippen LogP contribution in [0.25, 0.3) is 11.3 Å². The maximum absolute atomic E-state index is 12.4. The Morgan fingerprint density at radius 1 is 1.04 bits per heavy atom. The number of hydrogen-bond acceptors (Lipinski definition) is 4. The van der Waals surface area contributed by atoms with Crippen LogP contribution in [0.3, 0.4) is 0 Å². The lowest BCUT2D eigenvalue weighted by molar-refractivity contribution is 0.102. The van der Waals surface area contributed by atoms with Crippen LogP contribution in [0.2, 0.25) is 5.02 Å². The molecule has 0 radical (unpaired) electrons. The molecule has 4 N–H and O–H groups in total. The highest BCUT2D eigenvalue weighted by molar-refractivity contribution is 6.33. The van der Waals surface area contributed by atoms with Gasteiger partial charge in [-0.05, 0) is 42.5 Å². The Labute approximate surface area is 154 Å². The molecule has 1 amide bonds. The summed E-state index contributed by atoms with van der Waals surface area (Å²) in [6, 6.07) is 17.0. The minimum absolute atomic E-state index is 0.144. The second-order valence-corrected chi connectivity index (χ2v) is 5.84. The van der Waals surface area contributed by atoms with Gasteiger partial charge < -0.3 is 5.32 Å². The second-order valence-electron chi connectivity index (χ2n) is 5.43. The first-order valence-electron chi connectivity index (χ1n) is 7.70. The molecule has 0 atom stereocenters. The van der Waals surface area contributed by atoms with Gasteiger partial charge in [0.15, 0.2) is 0 Å². The van der Waals surface area contributed by atoms with Gasteiger partial charge in [0.25, 0.3) is 5.91 Å². The number of hydrogen-bond donors (Lipinski definition) is 4. The third-order valence-corrected chi connectivity index (χ3v) is 4.04. The quantitative estimate of drug-likeness (QED) is 0.319. The SMILES string of the molecule is N=C(NO)c1ccc(C(=O)Nc2ccc(Cl)c(-c3ccccn3)c2)cc1. The largest absolute Gasteiger partial charge is 0.322 e.